The molecule has 0 spiro atoms. The topological polar surface area (TPSA) is 28.2 Å². The maximum Gasteiger partial charge on any atom is 0.133 e. The fraction of sp³-hybridized carbons (Fsp3) is 0.500. The van der Waals surface area contributed by atoms with Gasteiger partial charge < -0.3 is 10.2 Å². The van der Waals surface area contributed by atoms with Crippen molar-refractivity contribution in [2.45, 2.75) is 13.0 Å². The van der Waals surface area contributed by atoms with Crippen LogP contribution in [0, 0.1) is 5.92 Å². The first-order valence-corrected chi connectivity index (χ1v) is 8.45. The molecular formula is C14H19N3S2. The maximum absolute atomic E-state index is 4.74. The van der Waals surface area contributed by atoms with Gasteiger partial charge in [0.05, 0.1) is 10.6 Å². The van der Waals surface area contributed by atoms with E-state index in [2.05, 4.69) is 40.2 Å². The lowest BCUT2D eigenvalue weighted by molar-refractivity contribution is 0.276. The van der Waals surface area contributed by atoms with Gasteiger partial charge in [-0.05, 0) is 43.9 Å². The molecule has 102 valence electrons. The van der Waals surface area contributed by atoms with Gasteiger partial charge in [-0.25, -0.2) is 4.98 Å². The monoisotopic (exact) mass is 293 g/mol. The van der Waals surface area contributed by atoms with Gasteiger partial charge in [0.2, 0.25) is 0 Å². The standard InChI is InChI=1S/C14H19N3S2/c1-17(8-11-4-5-15-7-11)9-12-10-19-14(16-12)13-3-2-6-18-13/h2-3,6,10-11,15H,4-5,7-9H2,1H3. The number of thiophene rings is 1. The van der Waals surface area contributed by atoms with Gasteiger partial charge in [0.25, 0.3) is 0 Å². The third-order valence-electron chi connectivity index (χ3n) is 3.45. The highest BCUT2D eigenvalue weighted by Crippen LogP contribution is 2.28. The zero-order valence-corrected chi connectivity index (χ0v) is 12.8. The fourth-order valence-corrected chi connectivity index (χ4v) is 4.17. The van der Waals surface area contributed by atoms with Crippen molar-refractivity contribution in [3.05, 3.63) is 28.6 Å². The highest BCUT2D eigenvalue weighted by molar-refractivity contribution is 7.20. The Bertz CT molecular complexity index is 501. The molecule has 1 atom stereocenters. The predicted molar refractivity (Wildman–Crippen MR) is 82.7 cm³/mol. The van der Waals surface area contributed by atoms with Gasteiger partial charge in [-0.2, -0.15) is 0 Å². The molecule has 3 nitrogen and oxygen atoms in total. The molecule has 2 aromatic rings. The summed E-state index contributed by atoms with van der Waals surface area (Å²) in [5, 5.41) is 8.88. The van der Waals surface area contributed by atoms with Crippen molar-refractivity contribution < 1.29 is 0 Å². The number of nitrogens with one attached hydrogen (secondary N) is 1. The minimum atomic E-state index is 0.806. The highest BCUT2D eigenvalue weighted by Gasteiger charge is 2.17. The molecule has 2 aromatic heterocycles. The first-order valence-electron chi connectivity index (χ1n) is 6.69. The second kappa shape index (κ2) is 6.13. The van der Waals surface area contributed by atoms with Crippen LogP contribution in [0.3, 0.4) is 0 Å². The van der Waals surface area contributed by atoms with Crippen molar-refractivity contribution >= 4 is 22.7 Å². The number of nitrogens with zero attached hydrogens (tertiary/aromatic N) is 2. The summed E-state index contributed by atoms with van der Waals surface area (Å²) in [6.07, 6.45) is 1.31. The van der Waals surface area contributed by atoms with Crippen LogP contribution in [-0.2, 0) is 6.54 Å². The summed E-state index contributed by atoms with van der Waals surface area (Å²) in [7, 11) is 2.20. The Labute approximate surface area is 122 Å². The molecule has 5 heteroatoms. The van der Waals surface area contributed by atoms with Crippen LogP contribution in [0.25, 0.3) is 9.88 Å². The van der Waals surface area contributed by atoms with E-state index in [1.807, 2.05) is 0 Å². The Morgan fingerprint density at radius 2 is 2.42 bits per heavy atom. The van der Waals surface area contributed by atoms with Gasteiger partial charge in [-0.15, -0.1) is 22.7 Å². The number of thiazole rings is 1. The largest absolute Gasteiger partial charge is 0.316 e. The lowest BCUT2D eigenvalue weighted by Crippen LogP contribution is -2.26. The van der Waals surface area contributed by atoms with Crippen LogP contribution in [-0.4, -0.2) is 36.6 Å². The molecule has 1 unspecified atom stereocenters. The Balaban J connectivity index is 1.57. The van der Waals surface area contributed by atoms with Crippen molar-refractivity contribution in [1.82, 2.24) is 15.2 Å². The van der Waals surface area contributed by atoms with Crippen LogP contribution in [0.1, 0.15) is 12.1 Å². The zero-order valence-electron chi connectivity index (χ0n) is 11.1. The molecule has 3 heterocycles. The Kier molecular flexibility index (Phi) is 4.28. The molecule has 0 aromatic carbocycles. The van der Waals surface area contributed by atoms with Crippen LogP contribution < -0.4 is 5.32 Å². The van der Waals surface area contributed by atoms with E-state index in [-0.39, 0.29) is 0 Å². The van der Waals surface area contributed by atoms with E-state index in [1.165, 1.54) is 36.6 Å². The lowest BCUT2D eigenvalue weighted by atomic mass is 10.1. The summed E-state index contributed by atoms with van der Waals surface area (Å²) in [6, 6.07) is 4.22. The van der Waals surface area contributed by atoms with Gasteiger partial charge in [0.15, 0.2) is 0 Å². The van der Waals surface area contributed by atoms with Gasteiger partial charge in [0.1, 0.15) is 5.01 Å². The quantitative estimate of drug-likeness (QED) is 0.919. The smallest absolute Gasteiger partial charge is 0.133 e. The van der Waals surface area contributed by atoms with Gasteiger partial charge in [-0.1, -0.05) is 6.07 Å². The molecule has 1 aliphatic rings. The second-order valence-electron chi connectivity index (χ2n) is 5.18. The van der Waals surface area contributed by atoms with Crippen LogP contribution in [0.15, 0.2) is 22.9 Å². The van der Waals surface area contributed by atoms with E-state index in [1.54, 1.807) is 22.7 Å². The van der Waals surface area contributed by atoms with Crippen LogP contribution in [0.4, 0.5) is 0 Å². The second-order valence-corrected chi connectivity index (χ2v) is 6.98. The molecule has 1 fully saturated rings. The molecule has 0 radical (unpaired) electrons. The minimum Gasteiger partial charge on any atom is -0.316 e. The molecule has 3 rings (SSSR count). The SMILES string of the molecule is CN(Cc1csc(-c2cccs2)n1)CC1CCNC1. The number of hydrogen-bond donors (Lipinski definition) is 1. The third kappa shape index (κ3) is 3.42. The molecule has 1 aliphatic heterocycles. The molecule has 0 amide bonds. The van der Waals surface area contributed by atoms with E-state index in [9.17, 15) is 0 Å². The highest BCUT2D eigenvalue weighted by atomic mass is 32.1. The number of hydrogen-bond acceptors (Lipinski definition) is 5. The van der Waals surface area contributed by atoms with Gasteiger partial charge in [-0.3, -0.25) is 0 Å². The molecule has 1 saturated heterocycles. The molecule has 1 N–H and O–H groups in total. The van der Waals surface area contributed by atoms with Crippen LogP contribution in [0.5, 0.6) is 0 Å². The predicted octanol–water partition coefficient (Wildman–Crippen LogP) is 2.91. The Morgan fingerprint density at radius 3 is 3.16 bits per heavy atom. The van der Waals surface area contributed by atoms with E-state index in [4.69, 9.17) is 4.98 Å². The summed E-state index contributed by atoms with van der Waals surface area (Å²) < 4.78 is 0. The first kappa shape index (κ1) is 13.2. The Morgan fingerprint density at radius 1 is 1.47 bits per heavy atom. The molecular weight excluding hydrogens is 274 g/mol. The molecule has 0 aliphatic carbocycles. The maximum atomic E-state index is 4.74. The van der Waals surface area contributed by atoms with Crippen LogP contribution in [0.2, 0.25) is 0 Å². The van der Waals surface area contributed by atoms with Gasteiger partial charge >= 0.3 is 0 Å². The molecule has 0 bridgehead atoms. The number of aromatic nitrogens is 1. The molecule has 19 heavy (non-hydrogen) atoms. The van der Waals surface area contributed by atoms with Crippen molar-refractivity contribution in [2.75, 3.05) is 26.7 Å². The van der Waals surface area contributed by atoms with Crippen molar-refractivity contribution in [2.24, 2.45) is 5.92 Å². The van der Waals surface area contributed by atoms with E-state index in [0.717, 1.165) is 17.5 Å². The van der Waals surface area contributed by atoms with E-state index < -0.39 is 0 Å². The Hall–Kier alpha value is -0.750. The van der Waals surface area contributed by atoms with E-state index >= 15 is 0 Å². The summed E-state index contributed by atoms with van der Waals surface area (Å²) in [4.78, 5) is 8.41. The minimum absolute atomic E-state index is 0.806. The summed E-state index contributed by atoms with van der Waals surface area (Å²) in [5.74, 6) is 0.806. The van der Waals surface area contributed by atoms with E-state index in [0.29, 0.717) is 0 Å². The number of rotatable bonds is 5. The van der Waals surface area contributed by atoms with Gasteiger partial charge in [0, 0.05) is 18.5 Å². The summed E-state index contributed by atoms with van der Waals surface area (Å²) in [5.41, 5.74) is 1.20. The third-order valence-corrected chi connectivity index (χ3v) is 5.38. The van der Waals surface area contributed by atoms with Crippen molar-refractivity contribution in [3.8, 4) is 9.88 Å². The average Bonchev–Trinajstić information content (AvgIpc) is 3.09. The zero-order chi connectivity index (χ0) is 13.1. The van der Waals surface area contributed by atoms with Crippen LogP contribution >= 0.6 is 22.7 Å². The normalized spacial score (nSPS) is 19.4. The first-order chi connectivity index (χ1) is 9.31. The van der Waals surface area contributed by atoms with Crippen molar-refractivity contribution in [1.29, 1.82) is 0 Å². The van der Waals surface area contributed by atoms with Crippen molar-refractivity contribution in [3.63, 3.8) is 0 Å². The molecule has 0 saturated carbocycles. The summed E-state index contributed by atoms with van der Waals surface area (Å²) >= 11 is 3.51. The average molecular weight is 293 g/mol. The summed E-state index contributed by atoms with van der Waals surface area (Å²) in [6.45, 7) is 4.47. The lowest BCUT2D eigenvalue weighted by Gasteiger charge is -2.19. The fourth-order valence-electron chi connectivity index (χ4n) is 2.55.